The predicted octanol–water partition coefficient (Wildman–Crippen LogP) is 3.79. The van der Waals surface area contributed by atoms with E-state index >= 15 is 0 Å². The molecule has 0 saturated heterocycles. The smallest absolute Gasteiger partial charge is 0.0622 e. The zero-order chi connectivity index (χ0) is 12.3. The Balaban J connectivity index is 3.17. The van der Waals surface area contributed by atoms with Crippen LogP contribution in [-0.4, -0.2) is 18.0 Å². The Morgan fingerprint density at radius 1 is 1.19 bits per heavy atom. The van der Waals surface area contributed by atoms with Crippen molar-refractivity contribution >= 4 is 8.07 Å². The fourth-order valence-electron chi connectivity index (χ4n) is 2.49. The molecule has 1 aromatic heterocycles. The summed E-state index contributed by atoms with van der Waals surface area (Å²) in [5.74, 6) is 0.696. The first kappa shape index (κ1) is 13.4. The van der Waals surface area contributed by atoms with Gasteiger partial charge in [0.1, 0.15) is 0 Å². The molecule has 0 spiro atoms. The second-order valence-electron chi connectivity index (χ2n) is 5.76. The lowest BCUT2D eigenvalue weighted by Gasteiger charge is -2.33. The van der Waals surface area contributed by atoms with E-state index in [1.165, 1.54) is 12.1 Å². The van der Waals surface area contributed by atoms with E-state index in [1.807, 2.05) is 6.20 Å². The van der Waals surface area contributed by atoms with E-state index in [1.54, 1.807) is 6.20 Å². The molecule has 2 nitrogen and oxygen atoms in total. The van der Waals surface area contributed by atoms with Gasteiger partial charge in [0.15, 0.2) is 0 Å². The molecule has 0 radical (unpaired) electrons. The topological polar surface area (TPSA) is 25.8 Å². The van der Waals surface area contributed by atoms with E-state index in [4.69, 9.17) is 0 Å². The molecule has 3 heteroatoms. The zero-order valence-corrected chi connectivity index (χ0v) is 12.4. The lowest BCUT2D eigenvalue weighted by Crippen LogP contribution is -2.36. The monoisotopic (exact) mass is 236 g/mol. The van der Waals surface area contributed by atoms with Crippen molar-refractivity contribution in [3.63, 3.8) is 0 Å². The minimum atomic E-state index is -1.25. The fraction of sp³-hybridized carbons (Fsp3) is 0.692. The Morgan fingerprint density at radius 2 is 1.75 bits per heavy atom. The summed E-state index contributed by atoms with van der Waals surface area (Å²) in [6, 6.07) is 0. The maximum absolute atomic E-state index is 4.59. The number of aromatic nitrogens is 2. The minimum Gasteiger partial charge on any atom is -0.258 e. The Labute approximate surface area is 101 Å². The van der Waals surface area contributed by atoms with Crippen LogP contribution in [0.15, 0.2) is 12.4 Å². The van der Waals surface area contributed by atoms with E-state index in [0.717, 1.165) is 5.69 Å². The van der Waals surface area contributed by atoms with E-state index < -0.39 is 8.07 Å². The van der Waals surface area contributed by atoms with E-state index in [9.17, 15) is 0 Å². The molecule has 0 bridgehead atoms. The van der Waals surface area contributed by atoms with Crippen LogP contribution >= 0.6 is 0 Å². The van der Waals surface area contributed by atoms with Gasteiger partial charge in [0.2, 0.25) is 0 Å². The highest BCUT2D eigenvalue weighted by atomic mass is 28.3. The van der Waals surface area contributed by atoms with Gasteiger partial charge in [-0.05, 0) is 12.8 Å². The van der Waals surface area contributed by atoms with Crippen molar-refractivity contribution in [2.24, 2.45) is 5.92 Å². The maximum Gasteiger partial charge on any atom is 0.0622 e. The molecule has 90 valence electrons. The zero-order valence-electron chi connectivity index (χ0n) is 11.4. The third-order valence-corrected chi connectivity index (χ3v) is 6.07. The first-order valence-electron chi connectivity index (χ1n) is 6.15. The van der Waals surface area contributed by atoms with Gasteiger partial charge in [-0.25, -0.2) is 0 Å². The molecule has 0 saturated carbocycles. The fourth-order valence-corrected chi connectivity index (χ4v) is 5.54. The van der Waals surface area contributed by atoms with Crippen molar-refractivity contribution in [2.75, 3.05) is 0 Å². The van der Waals surface area contributed by atoms with E-state index in [-0.39, 0.29) is 0 Å². The number of nitrogens with zero attached hydrogens (tertiary/aromatic N) is 2. The Kier molecular flexibility index (Phi) is 4.25. The predicted molar refractivity (Wildman–Crippen MR) is 72.3 cm³/mol. The molecule has 0 amide bonds. The molecule has 0 fully saturated rings. The number of rotatable bonds is 4. The average Bonchev–Trinajstić information content (AvgIpc) is 2.19. The van der Waals surface area contributed by atoms with E-state index in [2.05, 4.69) is 50.4 Å². The lowest BCUT2D eigenvalue weighted by atomic mass is 10.0. The Morgan fingerprint density at radius 3 is 2.19 bits per heavy atom. The number of hydrogen-bond acceptors (Lipinski definition) is 2. The molecule has 0 aromatic carbocycles. The highest BCUT2D eigenvalue weighted by Gasteiger charge is 2.34. The van der Waals surface area contributed by atoms with Crippen molar-refractivity contribution in [1.29, 1.82) is 0 Å². The van der Waals surface area contributed by atoms with Crippen molar-refractivity contribution in [1.82, 2.24) is 9.97 Å². The van der Waals surface area contributed by atoms with Gasteiger partial charge >= 0.3 is 0 Å². The van der Waals surface area contributed by atoms with Crippen LogP contribution < -0.4 is 0 Å². The molecule has 0 N–H and O–H groups in total. The molecule has 0 aliphatic rings. The summed E-state index contributed by atoms with van der Waals surface area (Å²) in [6.07, 6.45) is 4.83. The third kappa shape index (κ3) is 2.91. The summed E-state index contributed by atoms with van der Waals surface area (Å²) in [4.78, 5) is 8.98. The van der Waals surface area contributed by atoms with Gasteiger partial charge in [0.25, 0.3) is 0 Å². The number of hydrogen-bond donors (Lipinski definition) is 0. The third-order valence-electron chi connectivity index (χ3n) is 3.36. The normalized spacial score (nSPS) is 15.9. The van der Waals surface area contributed by atoms with E-state index in [0.29, 0.717) is 11.5 Å². The average molecular weight is 236 g/mol. The summed E-state index contributed by atoms with van der Waals surface area (Å²) in [7, 11) is -1.25. The minimum absolute atomic E-state index is 0.617. The summed E-state index contributed by atoms with van der Waals surface area (Å²) < 4.78 is 0. The van der Waals surface area contributed by atoms with Crippen molar-refractivity contribution in [2.45, 2.75) is 52.4 Å². The first-order chi connectivity index (χ1) is 7.38. The molecule has 16 heavy (non-hydrogen) atoms. The van der Waals surface area contributed by atoms with Crippen LogP contribution in [0.3, 0.4) is 0 Å². The molecule has 1 heterocycles. The maximum atomic E-state index is 4.59. The van der Waals surface area contributed by atoms with Crippen LogP contribution in [0.4, 0.5) is 0 Å². The molecule has 2 atom stereocenters. The molecule has 1 rings (SSSR count). The Hall–Kier alpha value is -0.703. The van der Waals surface area contributed by atoms with Crippen LogP contribution in [0.2, 0.25) is 19.6 Å². The molecule has 2 unspecified atom stereocenters. The Bertz CT molecular complexity index is 344. The van der Waals surface area contributed by atoms with Gasteiger partial charge < -0.3 is 0 Å². The van der Waals surface area contributed by atoms with Crippen LogP contribution in [0.1, 0.15) is 37.2 Å². The summed E-state index contributed by atoms with van der Waals surface area (Å²) in [5, 5.41) is 0. The highest BCUT2D eigenvalue weighted by Crippen LogP contribution is 2.35. The standard InChI is InChI=1S/C13H24N2Si/c1-7-10(2)13(16(4,5)6)12-11(3)14-8-9-15-12/h8-10,13H,7H2,1-6H3. The molecular formula is C13H24N2Si. The van der Waals surface area contributed by atoms with Crippen LogP contribution in [0, 0.1) is 12.8 Å². The van der Waals surface area contributed by atoms with Crippen LogP contribution in [-0.2, 0) is 0 Å². The molecule has 1 aromatic rings. The van der Waals surface area contributed by atoms with Gasteiger partial charge in [0, 0.05) is 17.9 Å². The van der Waals surface area contributed by atoms with Gasteiger partial charge in [-0.15, -0.1) is 0 Å². The lowest BCUT2D eigenvalue weighted by molar-refractivity contribution is 0.516. The second-order valence-corrected chi connectivity index (χ2v) is 11.1. The van der Waals surface area contributed by atoms with Crippen molar-refractivity contribution in [3.05, 3.63) is 23.8 Å². The quantitative estimate of drug-likeness (QED) is 0.743. The molecule has 0 aliphatic carbocycles. The SMILES string of the molecule is CCC(C)C(c1nccnc1C)[Si](C)(C)C. The van der Waals surface area contributed by atoms with Crippen LogP contribution in [0.5, 0.6) is 0 Å². The summed E-state index contributed by atoms with van der Waals surface area (Å²) >= 11 is 0. The van der Waals surface area contributed by atoms with Gasteiger partial charge in [0.05, 0.1) is 19.5 Å². The van der Waals surface area contributed by atoms with Gasteiger partial charge in [-0.2, -0.15) is 0 Å². The van der Waals surface area contributed by atoms with Gasteiger partial charge in [-0.3, -0.25) is 9.97 Å². The number of aryl methyl sites for hydroxylation is 1. The summed E-state index contributed by atoms with van der Waals surface area (Å²) in [6.45, 7) is 14.0. The van der Waals surface area contributed by atoms with Gasteiger partial charge in [-0.1, -0.05) is 39.9 Å². The first-order valence-corrected chi connectivity index (χ1v) is 9.73. The molecular weight excluding hydrogens is 212 g/mol. The molecule has 0 aliphatic heterocycles. The highest BCUT2D eigenvalue weighted by molar-refractivity contribution is 6.77. The van der Waals surface area contributed by atoms with Crippen LogP contribution in [0.25, 0.3) is 0 Å². The van der Waals surface area contributed by atoms with Crippen molar-refractivity contribution < 1.29 is 0 Å². The van der Waals surface area contributed by atoms with Crippen molar-refractivity contribution in [3.8, 4) is 0 Å². The second kappa shape index (κ2) is 5.08. The summed E-state index contributed by atoms with van der Waals surface area (Å²) in [5.41, 5.74) is 2.96. The largest absolute Gasteiger partial charge is 0.258 e.